The van der Waals surface area contributed by atoms with Gasteiger partial charge in [0.2, 0.25) is 11.8 Å². The van der Waals surface area contributed by atoms with Gasteiger partial charge in [0.25, 0.3) is 0 Å². The van der Waals surface area contributed by atoms with E-state index in [0.717, 1.165) is 5.56 Å². The van der Waals surface area contributed by atoms with Crippen molar-refractivity contribution in [3.63, 3.8) is 0 Å². The molecule has 29 heavy (non-hydrogen) atoms. The summed E-state index contributed by atoms with van der Waals surface area (Å²) in [7, 11) is 0. The fourth-order valence-corrected chi connectivity index (χ4v) is 2.74. The lowest BCUT2D eigenvalue weighted by Crippen LogP contribution is -2.42. The summed E-state index contributed by atoms with van der Waals surface area (Å²) in [6.45, 7) is 2.70. The summed E-state index contributed by atoms with van der Waals surface area (Å²) in [5, 5.41) is 14.0. The van der Waals surface area contributed by atoms with Crippen LogP contribution in [0.3, 0.4) is 0 Å². The molecule has 0 aliphatic rings. The van der Waals surface area contributed by atoms with E-state index >= 15 is 0 Å². The number of Topliss-reactive ketones (excluding diaryl/α,β-unsaturated/α-hetero) is 1. The van der Waals surface area contributed by atoms with E-state index in [0.29, 0.717) is 5.56 Å². The number of carboxylic acids is 1. The fourth-order valence-electron chi connectivity index (χ4n) is 2.74. The zero-order valence-electron chi connectivity index (χ0n) is 16.2. The monoisotopic (exact) mass is 397 g/mol. The van der Waals surface area contributed by atoms with Crippen LogP contribution in [0.1, 0.15) is 36.2 Å². The van der Waals surface area contributed by atoms with Gasteiger partial charge in [0.05, 0.1) is 0 Å². The first-order valence-electron chi connectivity index (χ1n) is 9.10. The third kappa shape index (κ3) is 6.84. The first-order valence-corrected chi connectivity index (χ1v) is 9.10. The van der Waals surface area contributed by atoms with Crippen LogP contribution in [0.5, 0.6) is 0 Å². The highest BCUT2D eigenvalue weighted by molar-refractivity contribution is 6.00. The maximum atomic E-state index is 12.8. The zero-order valence-corrected chi connectivity index (χ0v) is 16.2. The van der Waals surface area contributed by atoms with Crippen molar-refractivity contribution < 1.29 is 24.3 Å². The molecule has 152 valence electrons. The van der Waals surface area contributed by atoms with Gasteiger partial charge >= 0.3 is 5.97 Å². The smallest absolute Gasteiger partial charge is 0.325 e. The lowest BCUT2D eigenvalue weighted by Gasteiger charge is -2.18. The van der Waals surface area contributed by atoms with Crippen molar-refractivity contribution in [1.82, 2.24) is 10.3 Å². The summed E-state index contributed by atoms with van der Waals surface area (Å²) >= 11 is 0. The molecule has 3 N–H and O–H groups in total. The summed E-state index contributed by atoms with van der Waals surface area (Å²) in [5.74, 6) is -2.79. The SMILES string of the molecule is CC(=O)Nc1cc(C(=O)C[C@@H](Cc2ccccc2)C(=O)N[C@@H](C)C(=O)O)ccn1. The molecule has 0 aliphatic heterocycles. The molecule has 1 heterocycles. The zero-order chi connectivity index (χ0) is 21.4. The first-order chi connectivity index (χ1) is 13.8. The quantitative estimate of drug-likeness (QED) is 0.556. The Morgan fingerprint density at radius 2 is 1.79 bits per heavy atom. The Bertz CT molecular complexity index is 898. The number of carboxylic acid groups (broad SMARTS) is 1. The lowest BCUT2D eigenvalue weighted by atomic mass is 9.91. The maximum Gasteiger partial charge on any atom is 0.325 e. The molecule has 0 fully saturated rings. The minimum atomic E-state index is -1.16. The van der Waals surface area contributed by atoms with Crippen molar-refractivity contribution in [2.75, 3.05) is 5.32 Å². The number of ketones is 1. The third-order valence-corrected chi connectivity index (χ3v) is 4.24. The number of hydrogen-bond donors (Lipinski definition) is 3. The Labute approximate surface area is 168 Å². The predicted molar refractivity (Wildman–Crippen MR) is 106 cm³/mol. The van der Waals surface area contributed by atoms with E-state index in [1.165, 1.54) is 32.2 Å². The Balaban J connectivity index is 2.19. The molecule has 1 aromatic carbocycles. The molecule has 8 nitrogen and oxygen atoms in total. The highest BCUT2D eigenvalue weighted by Gasteiger charge is 2.26. The van der Waals surface area contributed by atoms with Crippen molar-refractivity contribution in [2.45, 2.75) is 32.7 Å². The molecule has 2 amide bonds. The molecule has 1 aromatic heterocycles. The van der Waals surface area contributed by atoms with E-state index in [4.69, 9.17) is 5.11 Å². The molecule has 2 atom stereocenters. The molecule has 0 unspecified atom stereocenters. The molecule has 8 heteroatoms. The molecular weight excluding hydrogens is 374 g/mol. The fraction of sp³-hybridized carbons (Fsp3) is 0.286. The summed E-state index contributed by atoms with van der Waals surface area (Å²) in [6, 6.07) is 11.1. The maximum absolute atomic E-state index is 12.8. The normalized spacial score (nSPS) is 12.5. The van der Waals surface area contributed by atoms with Crippen LogP contribution >= 0.6 is 0 Å². The van der Waals surface area contributed by atoms with Crippen LogP contribution in [-0.2, 0) is 20.8 Å². The summed E-state index contributed by atoms with van der Waals surface area (Å²) in [4.78, 5) is 51.6. The number of carbonyl (C=O) groups is 4. The Hall–Kier alpha value is -3.55. The van der Waals surface area contributed by atoms with Gasteiger partial charge in [0.15, 0.2) is 5.78 Å². The van der Waals surface area contributed by atoms with Gasteiger partial charge in [-0.1, -0.05) is 30.3 Å². The Morgan fingerprint density at radius 3 is 2.41 bits per heavy atom. The average molecular weight is 397 g/mol. The number of anilines is 1. The summed E-state index contributed by atoms with van der Waals surface area (Å²) < 4.78 is 0. The van der Waals surface area contributed by atoms with Crippen LogP contribution in [0.15, 0.2) is 48.7 Å². The van der Waals surface area contributed by atoms with Gasteiger partial charge in [-0.2, -0.15) is 0 Å². The molecule has 0 saturated carbocycles. The highest BCUT2D eigenvalue weighted by atomic mass is 16.4. The lowest BCUT2D eigenvalue weighted by molar-refractivity contribution is -0.141. The number of nitrogens with one attached hydrogen (secondary N) is 2. The van der Waals surface area contributed by atoms with Crippen LogP contribution in [0.25, 0.3) is 0 Å². The minimum Gasteiger partial charge on any atom is -0.480 e. The Morgan fingerprint density at radius 1 is 1.10 bits per heavy atom. The second-order valence-electron chi connectivity index (χ2n) is 6.69. The predicted octanol–water partition coefficient (Wildman–Crippen LogP) is 2.06. The molecule has 0 aliphatic carbocycles. The van der Waals surface area contributed by atoms with Gasteiger partial charge in [-0.15, -0.1) is 0 Å². The van der Waals surface area contributed by atoms with Gasteiger partial charge in [0.1, 0.15) is 11.9 Å². The number of pyridine rings is 1. The van der Waals surface area contributed by atoms with E-state index in [1.807, 2.05) is 30.3 Å². The number of aliphatic carboxylic acids is 1. The van der Waals surface area contributed by atoms with E-state index in [-0.39, 0.29) is 30.3 Å². The summed E-state index contributed by atoms with van der Waals surface area (Å²) in [6.07, 6.45) is 1.57. The molecule has 0 saturated heterocycles. The molecule has 0 spiro atoms. The third-order valence-electron chi connectivity index (χ3n) is 4.24. The molecule has 0 radical (unpaired) electrons. The van der Waals surface area contributed by atoms with Crippen molar-refractivity contribution >= 4 is 29.4 Å². The number of aromatic nitrogens is 1. The average Bonchev–Trinajstić information content (AvgIpc) is 2.67. The van der Waals surface area contributed by atoms with E-state index in [9.17, 15) is 19.2 Å². The second kappa shape index (κ2) is 10.1. The highest BCUT2D eigenvalue weighted by Crippen LogP contribution is 2.18. The number of benzene rings is 1. The van der Waals surface area contributed by atoms with Crippen LogP contribution < -0.4 is 10.6 Å². The van der Waals surface area contributed by atoms with Crippen molar-refractivity contribution in [2.24, 2.45) is 5.92 Å². The molecule has 2 aromatic rings. The van der Waals surface area contributed by atoms with Crippen LogP contribution in [0.4, 0.5) is 5.82 Å². The van der Waals surface area contributed by atoms with Gasteiger partial charge < -0.3 is 15.7 Å². The van der Waals surface area contributed by atoms with E-state index in [2.05, 4.69) is 15.6 Å². The van der Waals surface area contributed by atoms with E-state index in [1.54, 1.807) is 0 Å². The van der Waals surface area contributed by atoms with Crippen molar-refractivity contribution in [1.29, 1.82) is 0 Å². The standard InChI is InChI=1S/C21H23N3O5/c1-13(21(28)29)23-20(27)17(10-15-6-4-3-5-7-15)11-18(26)16-8-9-22-19(12-16)24-14(2)25/h3-9,12-13,17H,10-11H2,1-2H3,(H,23,27)(H,28,29)(H,22,24,25)/t13-,17+/m0/s1. The Kier molecular flexibility index (Phi) is 7.59. The molecule has 0 bridgehead atoms. The number of hydrogen-bond acceptors (Lipinski definition) is 5. The minimum absolute atomic E-state index is 0.114. The first kappa shape index (κ1) is 21.7. The molecular formula is C21H23N3O5. The number of carbonyl (C=O) groups excluding carboxylic acids is 3. The van der Waals surface area contributed by atoms with E-state index < -0.39 is 23.8 Å². The molecule has 2 rings (SSSR count). The van der Waals surface area contributed by atoms with Crippen LogP contribution in [0, 0.1) is 5.92 Å². The van der Waals surface area contributed by atoms with Crippen molar-refractivity contribution in [3.8, 4) is 0 Å². The number of rotatable bonds is 9. The summed E-state index contributed by atoms with van der Waals surface area (Å²) in [5.41, 5.74) is 1.16. The second-order valence-corrected chi connectivity index (χ2v) is 6.69. The van der Waals surface area contributed by atoms with Gasteiger partial charge in [-0.05, 0) is 31.0 Å². The van der Waals surface area contributed by atoms with Crippen molar-refractivity contribution in [3.05, 3.63) is 59.8 Å². The topological polar surface area (TPSA) is 125 Å². The largest absolute Gasteiger partial charge is 0.480 e. The van der Waals surface area contributed by atoms with Gasteiger partial charge in [-0.3, -0.25) is 19.2 Å². The van der Waals surface area contributed by atoms with Crippen LogP contribution in [0.2, 0.25) is 0 Å². The van der Waals surface area contributed by atoms with Gasteiger partial charge in [0, 0.05) is 31.0 Å². The number of amides is 2. The van der Waals surface area contributed by atoms with Crippen LogP contribution in [-0.4, -0.2) is 39.7 Å². The van der Waals surface area contributed by atoms with Gasteiger partial charge in [-0.25, -0.2) is 4.98 Å². The number of nitrogens with zero attached hydrogens (tertiary/aromatic N) is 1.